The fourth-order valence-electron chi connectivity index (χ4n) is 2.30. The number of pyridine rings is 2. The summed E-state index contributed by atoms with van der Waals surface area (Å²) in [5.74, 6) is -1.62. The molecule has 41 heavy (non-hydrogen) atoms. The van der Waals surface area contributed by atoms with Gasteiger partial charge in [-0.05, 0) is 100 Å². The molecule has 0 aliphatic carbocycles. The van der Waals surface area contributed by atoms with Gasteiger partial charge < -0.3 is 29.3 Å². The van der Waals surface area contributed by atoms with E-state index in [2.05, 4.69) is 9.97 Å². The molecule has 0 saturated carbocycles. The molecule has 0 bridgehead atoms. The molecule has 0 aliphatic rings. The number of nitrogens with zero attached hydrogens (tertiary/aromatic N) is 2. The van der Waals surface area contributed by atoms with E-state index in [9.17, 15) is 19.8 Å². The summed E-state index contributed by atoms with van der Waals surface area (Å²) < 4.78 is 10.4. The maximum absolute atomic E-state index is 10.6. The third kappa shape index (κ3) is 16.9. The predicted molar refractivity (Wildman–Crippen MR) is 151 cm³/mol. The molecule has 1 radical (unpaired) electrons. The van der Waals surface area contributed by atoms with Gasteiger partial charge in [0.25, 0.3) is 0 Å². The summed E-state index contributed by atoms with van der Waals surface area (Å²) in [5, 5.41) is 22.4. The van der Waals surface area contributed by atoms with Gasteiger partial charge in [0, 0.05) is 34.8 Å². The van der Waals surface area contributed by atoms with Gasteiger partial charge in [-0.2, -0.15) is 0 Å². The minimum atomic E-state index is -1.34. The van der Waals surface area contributed by atoms with Crippen molar-refractivity contribution in [1.29, 1.82) is 0 Å². The zero-order chi connectivity index (χ0) is 30.0. The number of aromatic nitrogens is 2. The van der Waals surface area contributed by atoms with Crippen LogP contribution in [-0.2, 0) is 26.7 Å². The van der Waals surface area contributed by atoms with Crippen LogP contribution in [0.1, 0.15) is 27.7 Å². The van der Waals surface area contributed by atoms with Crippen LogP contribution in [0.5, 0.6) is 11.5 Å². The Morgan fingerprint density at radius 3 is 1.02 bits per heavy atom. The number of carboxylic acid groups (broad SMARTS) is 2. The molecule has 4 rings (SSSR count). The van der Waals surface area contributed by atoms with E-state index in [1.54, 1.807) is 73.3 Å². The largest absolute Gasteiger partial charge is 2.00 e. The standard InChI is InChI=1S/2C10H11ClO3.2C5H5N.Cu/c2*1-10(2,9(12)13)14-8-5-3-7(11)4-6-8;2*1-2-4-6-5-3-1;/h2*3-6H,1-2H3,(H,12,13);2*1-5H;/q;;;;+2/p-2. The summed E-state index contributed by atoms with van der Waals surface area (Å²) in [6.45, 7) is 5.71. The molecular formula is C30H30Cl2CuN2O6. The van der Waals surface area contributed by atoms with Gasteiger partial charge in [-0.15, -0.1) is 0 Å². The first-order chi connectivity index (χ1) is 18.8. The number of aliphatic carboxylic acids is 2. The van der Waals surface area contributed by atoms with Crippen molar-refractivity contribution in [3.8, 4) is 11.5 Å². The molecule has 0 amide bonds. The number of hydrogen-bond acceptors (Lipinski definition) is 8. The van der Waals surface area contributed by atoms with Crippen LogP contribution >= 0.6 is 23.2 Å². The molecule has 0 unspecified atom stereocenters. The molecule has 2 aromatic heterocycles. The van der Waals surface area contributed by atoms with E-state index in [-0.39, 0.29) is 17.1 Å². The number of carbonyl (C=O) groups is 2. The first-order valence-corrected chi connectivity index (χ1v) is 12.6. The summed E-state index contributed by atoms with van der Waals surface area (Å²) in [4.78, 5) is 28.8. The van der Waals surface area contributed by atoms with Gasteiger partial charge in [-0.3, -0.25) is 9.97 Å². The van der Waals surface area contributed by atoms with Crippen LogP contribution in [0.4, 0.5) is 0 Å². The molecule has 2 heterocycles. The maximum Gasteiger partial charge on any atom is 2.00 e. The topological polar surface area (TPSA) is 124 Å². The fraction of sp³-hybridized carbons (Fsp3) is 0.200. The Bertz CT molecular complexity index is 1110. The fourth-order valence-corrected chi connectivity index (χ4v) is 2.56. The minimum Gasteiger partial charge on any atom is -0.546 e. The van der Waals surface area contributed by atoms with Crippen molar-refractivity contribution in [3.05, 3.63) is 120 Å². The smallest absolute Gasteiger partial charge is 0.546 e. The van der Waals surface area contributed by atoms with E-state index >= 15 is 0 Å². The second-order valence-corrected chi connectivity index (χ2v) is 9.63. The second-order valence-electron chi connectivity index (χ2n) is 8.76. The zero-order valence-corrected chi connectivity index (χ0v) is 25.2. The van der Waals surface area contributed by atoms with Crippen molar-refractivity contribution in [1.82, 2.24) is 9.97 Å². The van der Waals surface area contributed by atoms with Crippen molar-refractivity contribution in [2.45, 2.75) is 38.9 Å². The Labute approximate surface area is 260 Å². The maximum atomic E-state index is 10.6. The predicted octanol–water partition coefficient (Wildman–Crippen LogP) is 4.66. The van der Waals surface area contributed by atoms with E-state index in [0.29, 0.717) is 21.5 Å². The Morgan fingerprint density at radius 2 is 0.854 bits per heavy atom. The van der Waals surface area contributed by atoms with Crippen LogP contribution < -0.4 is 19.7 Å². The van der Waals surface area contributed by atoms with Gasteiger partial charge in [0.15, 0.2) is 0 Å². The van der Waals surface area contributed by atoms with Gasteiger partial charge in [0.1, 0.15) is 22.7 Å². The van der Waals surface area contributed by atoms with E-state index < -0.39 is 23.1 Å². The average Bonchev–Trinajstić information content (AvgIpc) is 2.94. The molecule has 11 heteroatoms. The third-order valence-corrected chi connectivity index (χ3v) is 4.99. The Balaban J connectivity index is 0.000000552. The molecule has 0 fully saturated rings. The SMILES string of the molecule is CC(C)(Oc1ccc(Cl)cc1)C(=O)[O-].CC(C)(Oc1ccc(Cl)cc1)C(=O)[O-].[Cu+2].c1ccncc1.c1ccncc1. The number of hydrogen-bond donors (Lipinski definition) is 0. The second kappa shape index (κ2) is 19.5. The van der Waals surface area contributed by atoms with Gasteiger partial charge >= 0.3 is 17.1 Å². The molecule has 4 aromatic rings. The van der Waals surface area contributed by atoms with Crippen molar-refractivity contribution in [3.63, 3.8) is 0 Å². The van der Waals surface area contributed by atoms with Crippen LogP contribution in [0.25, 0.3) is 0 Å². The molecule has 0 saturated heterocycles. The normalized spacial score (nSPS) is 9.90. The summed E-state index contributed by atoms with van der Waals surface area (Å²) in [5.41, 5.74) is -2.68. The molecule has 0 aliphatic heterocycles. The van der Waals surface area contributed by atoms with Crippen molar-refractivity contribution >= 4 is 35.1 Å². The first kappa shape index (κ1) is 37.4. The number of carbonyl (C=O) groups excluding carboxylic acids is 2. The zero-order valence-electron chi connectivity index (χ0n) is 22.8. The van der Waals surface area contributed by atoms with Gasteiger partial charge in [-0.25, -0.2) is 0 Å². The van der Waals surface area contributed by atoms with E-state index in [0.717, 1.165) is 0 Å². The van der Waals surface area contributed by atoms with Gasteiger partial charge in [0.2, 0.25) is 0 Å². The van der Waals surface area contributed by atoms with Gasteiger partial charge in [-0.1, -0.05) is 35.3 Å². The Kier molecular flexibility index (Phi) is 17.7. The van der Waals surface area contributed by atoms with Gasteiger partial charge in [0.05, 0.1) is 11.9 Å². The molecule has 0 atom stereocenters. The van der Waals surface area contributed by atoms with Crippen LogP contribution in [0.2, 0.25) is 10.0 Å². The van der Waals surface area contributed by atoms with Crippen LogP contribution in [0.3, 0.4) is 0 Å². The number of ether oxygens (including phenoxy) is 2. The van der Waals surface area contributed by atoms with E-state index in [4.69, 9.17) is 32.7 Å². The van der Waals surface area contributed by atoms with Crippen molar-refractivity contribution in [2.75, 3.05) is 0 Å². The summed E-state index contributed by atoms with van der Waals surface area (Å²) in [6, 6.07) is 24.4. The first-order valence-electron chi connectivity index (χ1n) is 11.9. The quantitative estimate of drug-likeness (QED) is 0.277. The number of carboxylic acids is 2. The summed E-state index contributed by atoms with van der Waals surface area (Å²) in [7, 11) is 0. The third-order valence-electron chi connectivity index (χ3n) is 4.49. The summed E-state index contributed by atoms with van der Waals surface area (Å²) >= 11 is 11.3. The molecule has 0 spiro atoms. The molecule has 2 aromatic carbocycles. The average molecular weight is 649 g/mol. The van der Waals surface area contributed by atoms with E-state index in [1.807, 2.05) is 36.4 Å². The minimum absolute atomic E-state index is 0. The van der Waals surface area contributed by atoms with Crippen molar-refractivity contribution in [2.24, 2.45) is 0 Å². The monoisotopic (exact) mass is 647 g/mol. The Morgan fingerprint density at radius 1 is 0.585 bits per heavy atom. The molecule has 0 N–H and O–H groups in total. The molecule has 8 nitrogen and oxygen atoms in total. The van der Waals surface area contributed by atoms with E-state index in [1.165, 1.54) is 27.7 Å². The van der Waals surface area contributed by atoms with Crippen LogP contribution in [-0.4, -0.2) is 33.1 Å². The van der Waals surface area contributed by atoms with Crippen LogP contribution in [0.15, 0.2) is 110 Å². The van der Waals surface area contributed by atoms with Crippen molar-refractivity contribution < 1.29 is 46.3 Å². The number of benzene rings is 2. The van der Waals surface area contributed by atoms with Crippen LogP contribution in [0, 0.1) is 0 Å². The number of halogens is 2. The number of rotatable bonds is 6. The molecule has 221 valence electrons. The summed E-state index contributed by atoms with van der Waals surface area (Å²) in [6.07, 6.45) is 7.00. The Hall–Kier alpha value is -3.62. The molecular weight excluding hydrogens is 619 g/mol.